The van der Waals surface area contributed by atoms with Gasteiger partial charge < -0.3 is 21.1 Å². The fourth-order valence-electron chi connectivity index (χ4n) is 4.10. The Balaban J connectivity index is 0.00000277. The Morgan fingerprint density at radius 1 is 1.23 bits per heavy atom. The topological polar surface area (TPSA) is 76.9 Å². The Morgan fingerprint density at radius 3 is 2.30 bits per heavy atom. The summed E-state index contributed by atoms with van der Waals surface area (Å²) in [5, 5.41) is 0.707. The van der Waals surface area contributed by atoms with Crippen molar-refractivity contribution in [1.82, 2.24) is 4.90 Å². The summed E-state index contributed by atoms with van der Waals surface area (Å²) in [6.45, 7) is 13.2. The van der Waals surface area contributed by atoms with Gasteiger partial charge in [0, 0.05) is 25.5 Å². The van der Waals surface area contributed by atoms with Crippen LogP contribution in [-0.4, -0.2) is 50.1 Å². The van der Waals surface area contributed by atoms with Gasteiger partial charge in [-0.1, -0.05) is 44.9 Å². The maximum absolute atomic E-state index is 13.8. The monoisotopic (exact) mass is 584 g/mol. The van der Waals surface area contributed by atoms with Crippen LogP contribution in [0.2, 0.25) is 0 Å². The standard InChI is InChI=1S/C27H41F3N3OP.C4H11N/c1-8-12-20(27(28,29)30)15-22(26(35)10-3)21(18(4)9-2)16-24-23(13-11-14-33(24)6)32-19(5)25(17-31)34-7;1-2-3-4-5/h10,12,15-17,23H,8-9,11,13-14,31,35H2,1-7H3;2-5H2,1H3/b20-12-,21-18?,22-15-,24-16-,25-17+,26-10+,32-19?;. The Hall–Kier alpha value is -2.31. The van der Waals surface area contributed by atoms with Gasteiger partial charge in [0.2, 0.25) is 0 Å². The Bertz CT molecular complexity index is 1000. The predicted octanol–water partition coefficient (Wildman–Crippen LogP) is 7.95. The molecule has 1 fully saturated rings. The van der Waals surface area contributed by atoms with Gasteiger partial charge >= 0.3 is 6.18 Å². The molecule has 2 unspecified atom stereocenters. The van der Waals surface area contributed by atoms with Gasteiger partial charge in [-0.3, -0.25) is 4.99 Å². The van der Waals surface area contributed by atoms with Gasteiger partial charge in [-0.25, -0.2) is 0 Å². The number of methoxy groups -OCH3 is 1. The predicted molar refractivity (Wildman–Crippen MR) is 169 cm³/mol. The van der Waals surface area contributed by atoms with Crippen LogP contribution in [-0.2, 0) is 4.74 Å². The fraction of sp³-hybridized carbons (Fsp3) is 0.581. The largest absolute Gasteiger partial charge is 0.493 e. The summed E-state index contributed by atoms with van der Waals surface area (Å²) in [5.74, 6) is 0.499. The second-order valence-electron chi connectivity index (χ2n) is 9.66. The third-order valence-electron chi connectivity index (χ3n) is 6.63. The zero-order valence-corrected chi connectivity index (χ0v) is 26.9. The molecule has 0 spiro atoms. The molecule has 4 N–H and O–H groups in total. The van der Waals surface area contributed by atoms with Gasteiger partial charge in [-0.15, -0.1) is 9.24 Å². The number of alkyl halides is 3. The number of piperidine rings is 1. The van der Waals surface area contributed by atoms with Crippen LogP contribution in [0.25, 0.3) is 0 Å². The molecule has 0 aromatic carbocycles. The van der Waals surface area contributed by atoms with E-state index in [-0.39, 0.29) is 6.04 Å². The first kappa shape index (κ1) is 37.7. The van der Waals surface area contributed by atoms with Crippen molar-refractivity contribution in [3.63, 3.8) is 0 Å². The summed E-state index contributed by atoms with van der Waals surface area (Å²) in [7, 11) is 6.14. The van der Waals surface area contributed by atoms with Crippen LogP contribution >= 0.6 is 9.24 Å². The van der Waals surface area contributed by atoms with Gasteiger partial charge in [-0.05, 0) is 88.0 Å². The maximum Gasteiger partial charge on any atom is 0.416 e. The Morgan fingerprint density at radius 2 is 1.88 bits per heavy atom. The lowest BCUT2D eigenvalue weighted by atomic mass is 9.92. The number of hydrogen-bond donors (Lipinski definition) is 2. The summed E-state index contributed by atoms with van der Waals surface area (Å²) in [5.41, 5.74) is 14.1. The van der Waals surface area contributed by atoms with Crippen LogP contribution in [0.15, 0.2) is 74.6 Å². The van der Waals surface area contributed by atoms with Crippen molar-refractivity contribution < 1.29 is 17.9 Å². The molecule has 1 saturated heterocycles. The molecule has 0 amide bonds. The highest BCUT2D eigenvalue weighted by Gasteiger charge is 2.32. The summed E-state index contributed by atoms with van der Waals surface area (Å²) in [6, 6.07) is -0.161. The number of nitrogens with two attached hydrogens (primary N) is 2. The molecule has 5 nitrogen and oxygen atoms in total. The van der Waals surface area contributed by atoms with E-state index < -0.39 is 11.7 Å². The quantitative estimate of drug-likeness (QED) is 0.112. The van der Waals surface area contributed by atoms with E-state index in [1.54, 1.807) is 14.0 Å². The van der Waals surface area contributed by atoms with Crippen molar-refractivity contribution >= 4 is 15.0 Å². The molecule has 1 aliphatic rings. The summed E-state index contributed by atoms with van der Waals surface area (Å²) in [6.07, 6.45) is 8.45. The molecule has 0 aromatic rings. The van der Waals surface area contributed by atoms with E-state index in [2.05, 4.69) is 21.1 Å². The van der Waals surface area contributed by atoms with E-state index >= 15 is 0 Å². The van der Waals surface area contributed by atoms with Gasteiger partial charge in [-0.2, -0.15) is 13.2 Å². The SMILES string of the molecule is CCCCN.C\C=C(P)/C(=C\C(=C\CC)C(F)(F)F)C(/C=C1/C(N=C(C)/C(=C\N)OC)CCCN1C)=C(C)CC. The first-order valence-electron chi connectivity index (χ1n) is 14.1. The van der Waals surface area contributed by atoms with Crippen molar-refractivity contribution in [3.05, 3.63) is 69.6 Å². The summed E-state index contributed by atoms with van der Waals surface area (Å²) < 4.78 is 46.8. The number of hydrogen-bond acceptors (Lipinski definition) is 5. The Kier molecular flexibility index (Phi) is 18.6. The van der Waals surface area contributed by atoms with Gasteiger partial charge in [0.15, 0.2) is 5.76 Å². The summed E-state index contributed by atoms with van der Waals surface area (Å²) in [4.78, 5) is 7.02. The number of aliphatic imine (C=N–C) groups is 1. The molecule has 1 heterocycles. The third-order valence-corrected chi connectivity index (χ3v) is 7.28. The number of halogens is 3. The highest BCUT2D eigenvalue weighted by molar-refractivity contribution is 7.23. The molecule has 0 aliphatic carbocycles. The lowest BCUT2D eigenvalue weighted by molar-refractivity contribution is -0.0884. The molecule has 0 saturated carbocycles. The van der Waals surface area contributed by atoms with Crippen LogP contribution in [0.5, 0.6) is 0 Å². The minimum atomic E-state index is -4.44. The molecule has 40 heavy (non-hydrogen) atoms. The number of ether oxygens (including phenoxy) is 1. The van der Waals surface area contributed by atoms with E-state index in [1.165, 1.54) is 31.2 Å². The van der Waals surface area contributed by atoms with E-state index in [4.69, 9.17) is 21.2 Å². The molecular weight excluding hydrogens is 532 g/mol. The van der Waals surface area contributed by atoms with E-state index in [0.29, 0.717) is 35.2 Å². The van der Waals surface area contributed by atoms with Crippen LogP contribution in [0, 0.1) is 0 Å². The van der Waals surface area contributed by atoms with Crippen LogP contribution in [0.4, 0.5) is 13.2 Å². The van der Waals surface area contributed by atoms with Gasteiger partial charge in [0.05, 0.1) is 24.4 Å². The highest BCUT2D eigenvalue weighted by atomic mass is 31.0. The minimum Gasteiger partial charge on any atom is -0.493 e. The average Bonchev–Trinajstić information content (AvgIpc) is 2.91. The molecule has 1 aliphatic heterocycles. The third kappa shape index (κ3) is 12.5. The lowest BCUT2D eigenvalue weighted by Gasteiger charge is -2.33. The number of likely N-dealkylation sites (N-methyl/N-ethyl adjacent to an activating group) is 1. The zero-order chi connectivity index (χ0) is 30.9. The second-order valence-corrected chi connectivity index (χ2v) is 10.3. The highest BCUT2D eigenvalue weighted by Crippen LogP contribution is 2.36. The van der Waals surface area contributed by atoms with E-state index in [9.17, 15) is 13.2 Å². The number of rotatable bonds is 11. The average molecular weight is 585 g/mol. The number of unbranched alkanes of at least 4 members (excludes halogenated alkanes) is 1. The fourth-order valence-corrected chi connectivity index (χ4v) is 4.34. The molecule has 0 radical (unpaired) electrons. The smallest absolute Gasteiger partial charge is 0.416 e. The molecule has 0 bridgehead atoms. The van der Waals surface area contributed by atoms with Crippen LogP contribution < -0.4 is 11.5 Å². The number of nitrogens with zero attached hydrogens (tertiary/aromatic N) is 2. The molecule has 0 aromatic heterocycles. The van der Waals surface area contributed by atoms with Crippen LogP contribution in [0.1, 0.15) is 80.1 Å². The first-order valence-corrected chi connectivity index (χ1v) is 14.7. The van der Waals surface area contributed by atoms with E-state index in [0.717, 1.165) is 42.8 Å². The van der Waals surface area contributed by atoms with Gasteiger partial charge in [0.25, 0.3) is 0 Å². The molecular formula is C31H52F3N4OP. The van der Waals surface area contributed by atoms with Crippen molar-refractivity contribution in [2.24, 2.45) is 16.5 Å². The van der Waals surface area contributed by atoms with Crippen molar-refractivity contribution in [3.8, 4) is 0 Å². The molecule has 1 rings (SSSR count). The second kappa shape index (κ2) is 19.7. The number of likely N-dealkylation sites (tertiary alicyclic amines) is 1. The van der Waals surface area contributed by atoms with E-state index in [1.807, 2.05) is 46.9 Å². The molecule has 9 heteroatoms. The maximum atomic E-state index is 13.8. The van der Waals surface area contributed by atoms with Crippen molar-refractivity contribution in [1.29, 1.82) is 0 Å². The van der Waals surface area contributed by atoms with Crippen molar-refractivity contribution in [2.45, 2.75) is 92.3 Å². The summed E-state index contributed by atoms with van der Waals surface area (Å²) >= 11 is 0. The molecule has 228 valence electrons. The zero-order valence-electron chi connectivity index (χ0n) is 25.8. The van der Waals surface area contributed by atoms with Gasteiger partial charge in [0.1, 0.15) is 0 Å². The Labute approximate surface area is 243 Å². The first-order chi connectivity index (χ1) is 18.9. The normalized spacial score (nSPS) is 19.8. The van der Waals surface area contributed by atoms with Crippen molar-refractivity contribution in [2.75, 3.05) is 27.2 Å². The number of allylic oxidation sites excluding steroid dienone is 10. The molecule has 2 atom stereocenters. The lowest BCUT2D eigenvalue weighted by Crippen LogP contribution is -2.33. The van der Waals surface area contributed by atoms with Crippen LogP contribution in [0.3, 0.4) is 0 Å². The minimum absolute atomic E-state index is 0.161.